The van der Waals surface area contributed by atoms with Crippen molar-refractivity contribution in [3.8, 4) is 11.5 Å². The van der Waals surface area contributed by atoms with Gasteiger partial charge in [0.05, 0.1) is 31.5 Å². The number of fused-ring (bicyclic) bond motifs is 2. The largest absolute Gasteiger partial charge is 0.493 e. The van der Waals surface area contributed by atoms with Crippen molar-refractivity contribution in [3.05, 3.63) is 48.3 Å². The predicted molar refractivity (Wildman–Crippen MR) is 105 cm³/mol. The molecule has 2 aromatic carbocycles. The van der Waals surface area contributed by atoms with E-state index < -0.39 is 36.1 Å². The Balaban J connectivity index is 1.47. The quantitative estimate of drug-likeness (QED) is 0.660. The van der Waals surface area contributed by atoms with Crippen LogP contribution in [0.15, 0.2) is 36.7 Å². The third-order valence-corrected chi connectivity index (χ3v) is 5.35. The van der Waals surface area contributed by atoms with E-state index in [2.05, 4.69) is 15.3 Å². The number of aromatic nitrogens is 2. The molecule has 2 fully saturated rings. The van der Waals surface area contributed by atoms with E-state index in [0.29, 0.717) is 22.4 Å². The van der Waals surface area contributed by atoms with Crippen molar-refractivity contribution in [2.45, 2.75) is 24.5 Å². The number of methoxy groups -OCH3 is 1. The van der Waals surface area contributed by atoms with Gasteiger partial charge in [0, 0.05) is 11.5 Å². The molecular weight excluding hydrogens is 415 g/mol. The molecule has 7 nitrogen and oxygen atoms in total. The molecule has 2 aliphatic heterocycles. The Hall–Kier alpha value is -3.11. The highest BCUT2D eigenvalue weighted by Gasteiger charge is 2.49. The Morgan fingerprint density at radius 3 is 2.74 bits per heavy atom. The summed E-state index contributed by atoms with van der Waals surface area (Å²) in [7, 11) is 1.47. The minimum Gasteiger partial charge on any atom is -0.493 e. The number of alkyl halides is 1. The van der Waals surface area contributed by atoms with Crippen LogP contribution < -0.4 is 14.8 Å². The first-order valence-corrected chi connectivity index (χ1v) is 9.63. The van der Waals surface area contributed by atoms with Gasteiger partial charge < -0.3 is 24.3 Å². The lowest BCUT2D eigenvalue weighted by Crippen LogP contribution is -2.33. The summed E-state index contributed by atoms with van der Waals surface area (Å²) in [5.74, 6) is -0.985. The number of nitrogens with zero attached hydrogens (tertiary/aromatic N) is 2. The number of halogens is 3. The molecule has 3 heterocycles. The fraction of sp³-hybridized carbons (Fsp3) is 0.333. The van der Waals surface area contributed by atoms with E-state index in [0.717, 1.165) is 6.07 Å². The second-order valence-electron chi connectivity index (χ2n) is 7.24. The average molecular weight is 433 g/mol. The van der Waals surface area contributed by atoms with Gasteiger partial charge >= 0.3 is 0 Å². The molecule has 31 heavy (non-hydrogen) atoms. The van der Waals surface area contributed by atoms with Gasteiger partial charge in [0.15, 0.2) is 35.4 Å². The molecule has 0 bridgehead atoms. The maximum Gasteiger partial charge on any atom is 0.182 e. The third kappa shape index (κ3) is 3.51. The highest BCUT2D eigenvalue weighted by molar-refractivity contribution is 5.93. The minimum absolute atomic E-state index is 0.0249. The Labute approximate surface area is 175 Å². The Morgan fingerprint density at radius 1 is 1.06 bits per heavy atom. The van der Waals surface area contributed by atoms with E-state index in [-0.39, 0.29) is 24.7 Å². The van der Waals surface area contributed by atoms with Crippen LogP contribution in [0.4, 0.5) is 24.7 Å². The van der Waals surface area contributed by atoms with Gasteiger partial charge in [-0.1, -0.05) is 6.07 Å². The van der Waals surface area contributed by atoms with Crippen LogP contribution in [0.1, 0.15) is 0 Å². The molecule has 2 saturated heterocycles. The fourth-order valence-electron chi connectivity index (χ4n) is 3.82. The first kappa shape index (κ1) is 19.8. The molecule has 10 heteroatoms. The normalized spacial score (nSPS) is 24.9. The Bertz CT molecular complexity index is 1130. The molecule has 3 aromatic rings. The molecule has 1 unspecified atom stereocenters. The molecule has 5 rings (SSSR count). The van der Waals surface area contributed by atoms with Crippen LogP contribution in [-0.4, -0.2) is 54.8 Å². The zero-order chi connectivity index (χ0) is 21.5. The SMILES string of the molecule is COc1cc2c(Nc3cccc(F)c3F)ncnc2cc1OC1CO[C@H]2[C@H](F)CO[C@@H]12. The van der Waals surface area contributed by atoms with E-state index in [4.69, 9.17) is 18.9 Å². The third-order valence-electron chi connectivity index (χ3n) is 5.35. The summed E-state index contributed by atoms with van der Waals surface area (Å²) in [5, 5.41) is 3.30. The highest BCUT2D eigenvalue weighted by Crippen LogP contribution is 2.38. The Morgan fingerprint density at radius 2 is 1.90 bits per heavy atom. The van der Waals surface area contributed by atoms with Crippen LogP contribution in [0.25, 0.3) is 10.9 Å². The lowest BCUT2D eigenvalue weighted by molar-refractivity contribution is 0.0271. The molecule has 1 aromatic heterocycles. The molecule has 0 amide bonds. The summed E-state index contributed by atoms with van der Waals surface area (Å²) in [6.07, 6.45) is -1.54. The lowest BCUT2D eigenvalue weighted by Gasteiger charge is -2.20. The van der Waals surface area contributed by atoms with Gasteiger partial charge in [-0.15, -0.1) is 0 Å². The summed E-state index contributed by atoms with van der Waals surface area (Å²) < 4.78 is 63.9. The molecule has 162 valence electrons. The number of nitrogens with one attached hydrogen (secondary N) is 1. The second kappa shape index (κ2) is 7.86. The molecule has 1 N–H and O–H groups in total. The van der Waals surface area contributed by atoms with E-state index >= 15 is 0 Å². The maximum atomic E-state index is 14.1. The van der Waals surface area contributed by atoms with Gasteiger partial charge in [-0.3, -0.25) is 0 Å². The van der Waals surface area contributed by atoms with Crippen LogP contribution in [0.5, 0.6) is 11.5 Å². The second-order valence-corrected chi connectivity index (χ2v) is 7.24. The van der Waals surface area contributed by atoms with Crippen molar-refractivity contribution < 1.29 is 32.1 Å². The van der Waals surface area contributed by atoms with Gasteiger partial charge in [-0.2, -0.15) is 0 Å². The minimum atomic E-state index is -1.18. The summed E-state index contributed by atoms with van der Waals surface area (Å²) in [4.78, 5) is 8.38. The van der Waals surface area contributed by atoms with E-state index in [1.54, 1.807) is 12.1 Å². The first-order valence-electron chi connectivity index (χ1n) is 9.63. The summed E-state index contributed by atoms with van der Waals surface area (Å²) in [5.41, 5.74) is 0.420. The first-order chi connectivity index (χ1) is 15.0. The molecule has 0 saturated carbocycles. The highest BCUT2D eigenvalue weighted by atomic mass is 19.2. The van der Waals surface area contributed by atoms with Crippen molar-refractivity contribution >= 4 is 22.4 Å². The average Bonchev–Trinajstić information content (AvgIpc) is 3.34. The number of anilines is 2. The number of benzene rings is 2. The van der Waals surface area contributed by atoms with Gasteiger partial charge in [0.2, 0.25) is 0 Å². The summed E-state index contributed by atoms with van der Waals surface area (Å²) in [6.45, 7) is 0.162. The molecule has 0 spiro atoms. The van der Waals surface area contributed by atoms with Crippen LogP contribution in [-0.2, 0) is 9.47 Å². The van der Waals surface area contributed by atoms with Crippen molar-refractivity contribution in [2.24, 2.45) is 0 Å². The van der Waals surface area contributed by atoms with Gasteiger partial charge in [0.1, 0.15) is 24.4 Å². The van der Waals surface area contributed by atoms with Crippen molar-refractivity contribution in [1.82, 2.24) is 9.97 Å². The van der Waals surface area contributed by atoms with E-state index in [1.165, 1.54) is 25.6 Å². The molecular formula is C21H18F3N3O4. The lowest BCUT2D eigenvalue weighted by atomic mass is 10.1. The standard InChI is InChI=1S/C21H18F3N3O4/c1-28-15-5-10-14(6-16(15)31-17-8-30-19-12(23)7-29-20(17)19)25-9-26-21(10)27-13-4-2-3-11(22)18(13)24/h2-6,9,12,17,19-20H,7-8H2,1H3,(H,25,26,27)/t12-,17?,19+,20+/m1/s1. The van der Waals surface area contributed by atoms with E-state index in [1.807, 2.05) is 0 Å². The number of rotatable bonds is 5. The zero-order valence-corrected chi connectivity index (χ0v) is 16.3. The number of hydrogen-bond acceptors (Lipinski definition) is 7. The van der Waals surface area contributed by atoms with Gasteiger partial charge in [-0.05, 0) is 18.2 Å². The monoisotopic (exact) mass is 433 g/mol. The van der Waals surface area contributed by atoms with E-state index in [9.17, 15) is 13.2 Å². The van der Waals surface area contributed by atoms with Crippen LogP contribution in [0.3, 0.4) is 0 Å². The van der Waals surface area contributed by atoms with Crippen LogP contribution in [0.2, 0.25) is 0 Å². The van der Waals surface area contributed by atoms with Crippen molar-refractivity contribution in [2.75, 3.05) is 25.6 Å². The molecule has 4 atom stereocenters. The van der Waals surface area contributed by atoms with Crippen molar-refractivity contribution in [1.29, 1.82) is 0 Å². The molecule has 2 aliphatic rings. The smallest absolute Gasteiger partial charge is 0.182 e. The number of hydrogen-bond donors (Lipinski definition) is 1. The van der Waals surface area contributed by atoms with Crippen LogP contribution in [0, 0.1) is 11.6 Å². The van der Waals surface area contributed by atoms with Gasteiger partial charge in [0.25, 0.3) is 0 Å². The van der Waals surface area contributed by atoms with Gasteiger partial charge in [-0.25, -0.2) is 23.1 Å². The summed E-state index contributed by atoms with van der Waals surface area (Å²) >= 11 is 0. The molecule has 0 aliphatic carbocycles. The molecule has 0 radical (unpaired) electrons. The Kier molecular flexibility index (Phi) is 5.03. The van der Waals surface area contributed by atoms with Crippen molar-refractivity contribution in [3.63, 3.8) is 0 Å². The fourth-order valence-corrected chi connectivity index (χ4v) is 3.82. The predicted octanol–water partition coefficient (Wildman–Crippen LogP) is 3.54. The topological polar surface area (TPSA) is 74.7 Å². The van der Waals surface area contributed by atoms with Crippen LogP contribution >= 0.6 is 0 Å². The summed E-state index contributed by atoms with van der Waals surface area (Å²) in [6, 6.07) is 7.09. The number of ether oxygens (including phenoxy) is 4. The maximum absolute atomic E-state index is 14.1. The zero-order valence-electron chi connectivity index (χ0n) is 16.3.